The smallest absolute Gasteiger partial charge is 0.160 e. The average Bonchev–Trinajstić information content (AvgIpc) is 3.12. The number of hydrogen-bond donors (Lipinski definition) is 0. The number of nitriles is 1. The Morgan fingerprint density at radius 3 is 1.33 bits per heavy atom. The third kappa shape index (κ3) is 5.93. The van der Waals surface area contributed by atoms with Crippen molar-refractivity contribution in [2.75, 3.05) is 0 Å². The molecule has 2 aromatic heterocycles. The van der Waals surface area contributed by atoms with Crippen LogP contribution in [0.15, 0.2) is 140 Å². The molecule has 5 aromatic carbocycles. The van der Waals surface area contributed by atoms with Gasteiger partial charge >= 0.3 is 0 Å². The normalized spacial score (nSPS) is 10.8. The molecule has 0 aliphatic heterocycles. The first kappa shape index (κ1) is 28.5. The number of aryl methyl sites for hydroxylation is 2. The third-order valence-electron chi connectivity index (χ3n) is 7.92. The minimum atomic E-state index is 0.627. The van der Waals surface area contributed by atoms with Crippen molar-refractivity contribution in [2.45, 2.75) is 13.8 Å². The van der Waals surface area contributed by atoms with Gasteiger partial charge in [0.1, 0.15) is 0 Å². The van der Waals surface area contributed by atoms with Gasteiger partial charge in [0.05, 0.1) is 23.0 Å². The molecule has 5 nitrogen and oxygen atoms in total. The molecule has 0 N–H and O–H groups in total. The summed E-state index contributed by atoms with van der Waals surface area (Å²) >= 11 is 0. The lowest BCUT2D eigenvalue weighted by atomic mass is 9.93. The van der Waals surface area contributed by atoms with E-state index in [4.69, 9.17) is 9.97 Å². The number of nitrogens with zero attached hydrogens (tertiary/aromatic N) is 5. The molecule has 0 radical (unpaired) electrons. The number of rotatable bonds is 6. The standard InChI is InChI=1S/C41H29N5/c1-27-23-38(45-40(43-27)33-9-5-3-6-10-33)31-17-13-29(14-18-31)35-21-22-36(26-42)37(25-35)30-15-19-32(20-16-30)39-24-28(2)44-41(46-39)34-11-7-4-8-12-34/h3-25H,1-2H3. The molecule has 46 heavy (non-hydrogen) atoms. The molecule has 7 aromatic rings. The SMILES string of the molecule is Cc1cc(-c2ccc(-c3ccc(C#N)c(-c4ccc(-c5cc(C)nc(-c6ccccc6)n5)cc4)c3)cc2)nc(-c2ccccc2)n1. The Labute approximate surface area is 268 Å². The summed E-state index contributed by atoms with van der Waals surface area (Å²) in [5.41, 5.74) is 12.1. The van der Waals surface area contributed by atoms with E-state index in [1.807, 2.05) is 98.8 Å². The van der Waals surface area contributed by atoms with Crippen molar-refractivity contribution in [3.63, 3.8) is 0 Å². The predicted octanol–water partition coefficient (Wildman–Crippen LogP) is 9.76. The molecule has 5 heteroatoms. The molecule has 0 fully saturated rings. The highest BCUT2D eigenvalue weighted by atomic mass is 14.9. The van der Waals surface area contributed by atoms with Gasteiger partial charge in [-0.3, -0.25) is 0 Å². The van der Waals surface area contributed by atoms with Gasteiger partial charge in [-0.15, -0.1) is 0 Å². The topological polar surface area (TPSA) is 75.3 Å². The summed E-state index contributed by atoms with van der Waals surface area (Å²) in [5, 5.41) is 9.95. The second-order valence-corrected chi connectivity index (χ2v) is 11.2. The van der Waals surface area contributed by atoms with Crippen LogP contribution in [0.4, 0.5) is 0 Å². The molecule has 0 aliphatic rings. The molecule has 0 atom stereocenters. The second kappa shape index (κ2) is 12.4. The van der Waals surface area contributed by atoms with Crippen LogP contribution in [0.1, 0.15) is 17.0 Å². The highest BCUT2D eigenvalue weighted by molar-refractivity contribution is 5.80. The summed E-state index contributed by atoms with van der Waals surface area (Å²) in [6, 6.07) is 49.0. The molecule has 0 saturated heterocycles. The van der Waals surface area contributed by atoms with Gasteiger partial charge in [0.25, 0.3) is 0 Å². The van der Waals surface area contributed by atoms with E-state index < -0.39 is 0 Å². The molecule has 0 unspecified atom stereocenters. The summed E-state index contributed by atoms with van der Waals surface area (Å²) < 4.78 is 0. The number of aromatic nitrogens is 4. The van der Waals surface area contributed by atoms with Crippen molar-refractivity contribution in [3.8, 4) is 73.6 Å². The Hall–Kier alpha value is -6.25. The lowest BCUT2D eigenvalue weighted by molar-refractivity contribution is 1.11. The van der Waals surface area contributed by atoms with Crippen LogP contribution in [0.25, 0.3) is 67.5 Å². The lowest BCUT2D eigenvalue weighted by Crippen LogP contribution is -1.95. The van der Waals surface area contributed by atoms with E-state index >= 15 is 0 Å². The first-order valence-electron chi connectivity index (χ1n) is 15.1. The summed E-state index contributed by atoms with van der Waals surface area (Å²) in [6.07, 6.45) is 0. The van der Waals surface area contributed by atoms with Crippen molar-refractivity contribution in [3.05, 3.63) is 156 Å². The van der Waals surface area contributed by atoms with Gasteiger partial charge in [-0.05, 0) is 54.8 Å². The van der Waals surface area contributed by atoms with E-state index in [9.17, 15) is 5.26 Å². The summed E-state index contributed by atoms with van der Waals surface area (Å²) in [4.78, 5) is 19.0. The Morgan fingerprint density at radius 1 is 0.413 bits per heavy atom. The fraction of sp³-hybridized carbons (Fsp3) is 0.0488. The van der Waals surface area contributed by atoms with Crippen LogP contribution in [-0.4, -0.2) is 19.9 Å². The minimum Gasteiger partial charge on any atom is -0.233 e. The Bertz CT molecular complexity index is 2200. The van der Waals surface area contributed by atoms with Crippen molar-refractivity contribution < 1.29 is 0 Å². The average molecular weight is 592 g/mol. The highest BCUT2D eigenvalue weighted by Crippen LogP contribution is 2.33. The molecule has 218 valence electrons. The first-order chi connectivity index (χ1) is 22.5. The zero-order valence-electron chi connectivity index (χ0n) is 25.5. The van der Waals surface area contributed by atoms with Gasteiger partial charge in [-0.25, -0.2) is 19.9 Å². The predicted molar refractivity (Wildman–Crippen MR) is 184 cm³/mol. The van der Waals surface area contributed by atoms with Crippen molar-refractivity contribution in [1.82, 2.24) is 19.9 Å². The molecule has 0 saturated carbocycles. The van der Waals surface area contributed by atoms with Crippen molar-refractivity contribution >= 4 is 0 Å². The molecule has 0 aliphatic carbocycles. The van der Waals surface area contributed by atoms with Gasteiger partial charge < -0.3 is 0 Å². The molecule has 0 amide bonds. The molecule has 7 rings (SSSR count). The fourth-order valence-electron chi connectivity index (χ4n) is 5.58. The highest BCUT2D eigenvalue weighted by Gasteiger charge is 2.12. The van der Waals surface area contributed by atoms with Gasteiger partial charge in [-0.1, -0.05) is 115 Å². The number of hydrogen-bond acceptors (Lipinski definition) is 5. The van der Waals surface area contributed by atoms with E-state index in [1.165, 1.54) is 0 Å². The Morgan fingerprint density at radius 2 is 0.848 bits per heavy atom. The molecule has 0 spiro atoms. The van der Waals surface area contributed by atoms with E-state index in [0.29, 0.717) is 17.2 Å². The number of benzene rings is 5. The van der Waals surface area contributed by atoms with Crippen LogP contribution in [0.3, 0.4) is 0 Å². The Balaban J connectivity index is 1.18. The van der Waals surface area contributed by atoms with E-state index in [1.54, 1.807) is 0 Å². The Kier molecular flexibility index (Phi) is 7.68. The van der Waals surface area contributed by atoms with Crippen LogP contribution in [0.5, 0.6) is 0 Å². The van der Waals surface area contributed by atoms with Crippen LogP contribution in [0.2, 0.25) is 0 Å². The quantitative estimate of drug-likeness (QED) is 0.192. The first-order valence-corrected chi connectivity index (χ1v) is 15.1. The molecular weight excluding hydrogens is 562 g/mol. The van der Waals surface area contributed by atoms with Crippen LogP contribution >= 0.6 is 0 Å². The molecule has 2 heterocycles. The third-order valence-corrected chi connectivity index (χ3v) is 7.92. The maximum absolute atomic E-state index is 9.95. The lowest BCUT2D eigenvalue weighted by Gasteiger charge is -2.11. The van der Waals surface area contributed by atoms with Gasteiger partial charge in [0.15, 0.2) is 11.6 Å². The monoisotopic (exact) mass is 591 g/mol. The molecular formula is C41H29N5. The van der Waals surface area contributed by atoms with Gasteiger partial charge in [0.2, 0.25) is 0 Å². The zero-order chi connectivity index (χ0) is 31.5. The van der Waals surface area contributed by atoms with Gasteiger partial charge in [0, 0.05) is 39.2 Å². The van der Waals surface area contributed by atoms with Crippen LogP contribution in [0, 0.1) is 25.2 Å². The fourth-order valence-corrected chi connectivity index (χ4v) is 5.58. The van der Waals surface area contributed by atoms with Crippen molar-refractivity contribution in [2.24, 2.45) is 0 Å². The maximum Gasteiger partial charge on any atom is 0.160 e. The van der Waals surface area contributed by atoms with Crippen LogP contribution in [-0.2, 0) is 0 Å². The molecule has 0 bridgehead atoms. The van der Waals surface area contributed by atoms with Gasteiger partial charge in [-0.2, -0.15) is 5.26 Å². The van der Waals surface area contributed by atoms with E-state index in [2.05, 4.69) is 70.6 Å². The summed E-state index contributed by atoms with van der Waals surface area (Å²) in [7, 11) is 0. The van der Waals surface area contributed by atoms with Crippen molar-refractivity contribution in [1.29, 1.82) is 5.26 Å². The summed E-state index contributed by atoms with van der Waals surface area (Å²) in [5.74, 6) is 1.42. The van der Waals surface area contributed by atoms with E-state index in [-0.39, 0.29) is 0 Å². The second-order valence-electron chi connectivity index (χ2n) is 11.2. The summed E-state index contributed by atoms with van der Waals surface area (Å²) in [6.45, 7) is 3.98. The maximum atomic E-state index is 9.95. The zero-order valence-corrected chi connectivity index (χ0v) is 25.5. The van der Waals surface area contributed by atoms with Crippen LogP contribution < -0.4 is 0 Å². The largest absolute Gasteiger partial charge is 0.233 e. The van der Waals surface area contributed by atoms with E-state index in [0.717, 1.165) is 67.3 Å². The minimum absolute atomic E-state index is 0.627.